The van der Waals surface area contributed by atoms with Gasteiger partial charge in [0, 0.05) is 11.8 Å². The van der Waals surface area contributed by atoms with Crippen LogP contribution in [0.1, 0.15) is 17.3 Å². The molecule has 24 heavy (non-hydrogen) atoms. The normalized spacial score (nSPS) is 11.3. The number of hydrogen-bond donors (Lipinski definition) is 1. The Balaban J connectivity index is 2.04. The molecule has 0 aliphatic carbocycles. The first-order valence-corrected chi connectivity index (χ1v) is 7.34. The predicted molar refractivity (Wildman–Crippen MR) is 89.5 cm³/mol. The van der Waals surface area contributed by atoms with Crippen molar-refractivity contribution in [2.75, 3.05) is 19.5 Å². The molecule has 0 fully saturated rings. The molecule has 1 amide bonds. The molecule has 0 saturated carbocycles. The summed E-state index contributed by atoms with van der Waals surface area (Å²) in [7, 11) is 2.96. The van der Waals surface area contributed by atoms with Crippen molar-refractivity contribution in [3.05, 3.63) is 54.1 Å². The quantitative estimate of drug-likeness (QED) is 0.825. The molecule has 6 nitrogen and oxygen atoms in total. The molecule has 0 spiro atoms. The first-order valence-electron chi connectivity index (χ1n) is 7.34. The average Bonchev–Trinajstić information content (AvgIpc) is 2.61. The Morgan fingerprint density at radius 3 is 2.33 bits per heavy atom. The number of methoxy groups -OCH3 is 2. The smallest absolute Gasteiger partial charge is 0.342 e. The van der Waals surface area contributed by atoms with Crippen LogP contribution in [0.15, 0.2) is 48.5 Å². The molecule has 0 bridgehead atoms. The summed E-state index contributed by atoms with van der Waals surface area (Å²) in [5, 5.41) is 2.68. The Bertz CT molecular complexity index is 715. The van der Waals surface area contributed by atoms with Crippen molar-refractivity contribution >= 4 is 17.6 Å². The lowest BCUT2D eigenvalue weighted by molar-refractivity contribution is -0.123. The fourth-order valence-electron chi connectivity index (χ4n) is 2.01. The third-order valence-electron chi connectivity index (χ3n) is 3.32. The number of anilines is 1. The number of amides is 1. The number of carbonyl (C=O) groups is 2. The lowest BCUT2D eigenvalue weighted by atomic mass is 10.2. The summed E-state index contributed by atoms with van der Waals surface area (Å²) in [6.45, 7) is 1.51. The maximum atomic E-state index is 12.3. The lowest BCUT2D eigenvalue weighted by Gasteiger charge is -2.15. The molecule has 0 heterocycles. The summed E-state index contributed by atoms with van der Waals surface area (Å²) >= 11 is 0. The van der Waals surface area contributed by atoms with E-state index in [1.54, 1.807) is 36.4 Å². The fourth-order valence-corrected chi connectivity index (χ4v) is 2.01. The van der Waals surface area contributed by atoms with Gasteiger partial charge < -0.3 is 19.5 Å². The molecule has 126 valence electrons. The maximum absolute atomic E-state index is 12.3. The maximum Gasteiger partial charge on any atom is 0.342 e. The number of rotatable bonds is 6. The molecule has 1 unspecified atom stereocenters. The highest BCUT2D eigenvalue weighted by molar-refractivity contribution is 5.98. The van der Waals surface area contributed by atoms with Crippen LogP contribution in [0.25, 0.3) is 0 Å². The van der Waals surface area contributed by atoms with Crippen molar-refractivity contribution in [2.45, 2.75) is 13.0 Å². The minimum atomic E-state index is -0.954. The van der Waals surface area contributed by atoms with Gasteiger partial charge in [-0.3, -0.25) is 4.79 Å². The number of para-hydroxylation sites is 1. The first-order chi connectivity index (χ1) is 11.5. The van der Waals surface area contributed by atoms with E-state index in [-0.39, 0.29) is 5.56 Å². The largest absolute Gasteiger partial charge is 0.497 e. The zero-order chi connectivity index (χ0) is 17.5. The van der Waals surface area contributed by atoms with Crippen LogP contribution in [0.2, 0.25) is 0 Å². The van der Waals surface area contributed by atoms with Crippen LogP contribution >= 0.6 is 0 Å². The van der Waals surface area contributed by atoms with E-state index in [1.165, 1.54) is 27.2 Å². The van der Waals surface area contributed by atoms with Crippen LogP contribution in [-0.4, -0.2) is 32.2 Å². The molecule has 2 aromatic rings. The summed E-state index contributed by atoms with van der Waals surface area (Å²) in [6.07, 6.45) is -0.954. The minimum absolute atomic E-state index is 0.220. The van der Waals surface area contributed by atoms with Gasteiger partial charge in [-0.2, -0.15) is 0 Å². The molecule has 2 aromatic carbocycles. The minimum Gasteiger partial charge on any atom is -0.497 e. The number of carbonyl (C=O) groups excluding carboxylic acids is 2. The number of ether oxygens (including phenoxy) is 3. The van der Waals surface area contributed by atoms with Crippen molar-refractivity contribution in [1.82, 2.24) is 0 Å². The van der Waals surface area contributed by atoms with E-state index in [0.717, 1.165) is 0 Å². The average molecular weight is 329 g/mol. The summed E-state index contributed by atoms with van der Waals surface area (Å²) in [5.41, 5.74) is 0.852. The van der Waals surface area contributed by atoms with Gasteiger partial charge >= 0.3 is 5.97 Å². The molecule has 0 saturated heterocycles. The van der Waals surface area contributed by atoms with E-state index in [4.69, 9.17) is 14.2 Å². The van der Waals surface area contributed by atoms with Crippen LogP contribution in [0, 0.1) is 0 Å². The molecule has 1 N–H and O–H groups in total. The third-order valence-corrected chi connectivity index (χ3v) is 3.32. The standard InChI is InChI=1S/C18H19NO5/c1-12(17(20)19-13-7-5-4-6-8-13)24-18(21)15-10-9-14(22-2)11-16(15)23-3/h4-12H,1-3H3,(H,19,20). The topological polar surface area (TPSA) is 73.9 Å². The fraction of sp³-hybridized carbons (Fsp3) is 0.222. The molecule has 0 aliphatic rings. The van der Waals surface area contributed by atoms with Gasteiger partial charge in [0.2, 0.25) is 0 Å². The molecule has 1 atom stereocenters. The molecule has 6 heteroatoms. The van der Waals surface area contributed by atoms with Gasteiger partial charge in [-0.15, -0.1) is 0 Å². The van der Waals surface area contributed by atoms with E-state index in [9.17, 15) is 9.59 Å². The first kappa shape index (κ1) is 17.3. The molecule has 0 aromatic heterocycles. The van der Waals surface area contributed by atoms with Gasteiger partial charge in [0.05, 0.1) is 14.2 Å². The lowest BCUT2D eigenvalue weighted by Crippen LogP contribution is -2.30. The second-order valence-corrected chi connectivity index (χ2v) is 4.97. The van der Waals surface area contributed by atoms with Crippen molar-refractivity contribution in [3.8, 4) is 11.5 Å². The highest BCUT2D eigenvalue weighted by atomic mass is 16.5. The number of benzene rings is 2. The van der Waals surface area contributed by atoms with Crippen LogP contribution in [0.3, 0.4) is 0 Å². The molecule has 2 rings (SSSR count). The van der Waals surface area contributed by atoms with Crippen LogP contribution in [-0.2, 0) is 9.53 Å². The summed E-state index contributed by atoms with van der Waals surface area (Å²) in [6, 6.07) is 13.7. The van der Waals surface area contributed by atoms with Gasteiger partial charge in [0.1, 0.15) is 17.1 Å². The molecule has 0 radical (unpaired) electrons. The SMILES string of the molecule is COc1ccc(C(=O)OC(C)C(=O)Nc2ccccc2)c(OC)c1. The molecular weight excluding hydrogens is 310 g/mol. The monoisotopic (exact) mass is 329 g/mol. The Morgan fingerprint density at radius 1 is 1.00 bits per heavy atom. The highest BCUT2D eigenvalue weighted by Gasteiger charge is 2.21. The van der Waals surface area contributed by atoms with E-state index in [2.05, 4.69) is 5.32 Å². The third kappa shape index (κ3) is 4.25. The van der Waals surface area contributed by atoms with Crippen molar-refractivity contribution in [3.63, 3.8) is 0 Å². The van der Waals surface area contributed by atoms with E-state index >= 15 is 0 Å². The second kappa shape index (κ2) is 8.01. The Kier molecular flexibility index (Phi) is 5.78. The van der Waals surface area contributed by atoms with Gasteiger partial charge in [-0.25, -0.2) is 4.79 Å². The van der Waals surface area contributed by atoms with E-state index in [0.29, 0.717) is 17.2 Å². The summed E-state index contributed by atoms with van der Waals surface area (Å²) < 4.78 is 15.5. The van der Waals surface area contributed by atoms with Crippen LogP contribution in [0.5, 0.6) is 11.5 Å². The number of nitrogens with one attached hydrogen (secondary N) is 1. The van der Waals surface area contributed by atoms with Gasteiger partial charge in [-0.1, -0.05) is 18.2 Å². The zero-order valence-electron chi connectivity index (χ0n) is 13.7. The number of hydrogen-bond acceptors (Lipinski definition) is 5. The number of esters is 1. The second-order valence-electron chi connectivity index (χ2n) is 4.97. The van der Waals surface area contributed by atoms with Crippen molar-refractivity contribution in [1.29, 1.82) is 0 Å². The summed E-state index contributed by atoms with van der Waals surface area (Å²) in [5.74, 6) is -0.194. The van der Waals surface area contributed by atoms with Gasteiger partial charge in [0.25, 0.3) is 5.91 Å². The van der Waals surface area contributed by atoms with Gasteiger partial charge in [0.15, 0.2) is 6.10 Å². The van der Waals surface area contributed by atoms with Crippen molar-refractivity contribution < 1.29 is 23.8 Å². The molecular formula is C18H19NO5. The Morgan fingerprint density at radius 2 is 1.71 bits per heavy atom. The summed E-state index contributed by atoms with van der Waals surface area (Å²) in [4.78, 5) is 24.4. The van der Waals surface area contributed by atoms with Gasteiger partial charge in [-0.05, 0) is 31.2 Å². The molecule has 0 aliphatic heterocycles. The van der Waals surface area contributed by atoms with Crippen LogP contribution in [0.4, 0.5) is 5.69 Å². The van der Waals surface area contributed by atoms with E-state index < -0.39 is 18.0 Å². The highest BCUT2D eigenvalue weighted by Crippen LogP contribution is 2.25. The predicted octanol–water partition coefficient (Wildman–Crippen LogP) is 2.89. The Labute approximate surface area is 140 Å². The van der Waals surface area contributed by atoms with Crippen LogP contribution < -0.4 is 14.8 Å². The zero-order valence-corrected chi connectivity index (χ0v) is 13.7. The van der Waals surface area contributed by atoms with E-state index in [1.807, 2.05) is 6.07 Å². The van der Waals surface area contributed by atoms with Crippen molar-refractivity contribution in [2.24, 2.45) is 0 Å². The Hall–Kier alpha value is -3.02.